The fourth-order valence-corrected chi connectivity index (χ4v) is 1.50. The summed E-state index contributed by atoms with van der Waals surface area (Å²) in [4.78, 5) is 8.26. The third-order valence-corrected chi connectivity index (χ3v) is 2.23. The van der Waals surface area contributed by atoms with Crippen LogP contribution in [-0.4, -0.2) is 17.1 Å². The zero-order chi connectivity index (χ0) is 10.1. The second-order valence-electron chi connectivity index (χ2n) is 2.66. The van der Waals surface area contributed by atoms with Crippen LogP contribution in [0.25, 0.3) is 11.0 Å². The molecule has 0 unspecified atom stereocenters. The molecule has 2 rings (SSSR count). The van der Waals surface area contributed by atoms with E-state index in [1.165, 1.54) is 7.11 Å². The fourth-order valence-electron chi connectivity index (χ4n) is 1.12. The SMILES string of the molecule is COc1nc2cc(Cl)ccc2nc1Cl. The van der Waals surface area contributed by atoms with Gasteiger partial charge in [-0.2, -0.15) is 0 Å². The lowest BCUT2D eigenvalue weighted by Gasteiger charge is -2.03. The Morgan fingerprint density at radius 1 is 1.14 bits per heavy atom. The molecule has 3 nitrogen and oxygen atoms in total. The molecule has 0 aliphatic carbocycles. The molecule has 0 aliphatic rings. The van der Waals surface area contributed by atoms with Gasteiger partial charge in [0.25, 0.3) is 5.88 Å². The van der Waals surface area contributed by atoms with E-state index in [9.17, 15) is 0 Å². The minimum Gasteiger partial charge on any atom is -0.479 e. The molecule has 0 saturated carbocycles. The Morgan fingerprint density at radius 3 is 2.64 bits per heavy atom. The van der Waals surface area contributed by atoms with Crippen molar-refractivity contribution >= 4 is 34.2 Å². The van der Waals surface area contributed by atoms with Crippen molar-refractivity contribution in [1.82, 2.24) is 9.97 Å². The van der Waals surface area contributed by atoms with Crippen molar-refractivity contribution in [2.24, 2.45) is 0 Å². The maximum atomic E-state index is 5.81. The summed E-state index contributed by atoms with van der Waals surface area (Å²) < 4.78 is 4.94. The molecule has 14 heavy (non-hydrogen) atoms. The van der Waals surface area contributed by atoms with Crippen molar-refractivity contribution in [3.05, 3.63) is 28.4 Å². The summed E-state index contributed by atoms with van der Waals surface area (Å²) in [5.74, 6) is 0.307. The normalized spacial score (nSPS) is 10.5. The van der Waals surface area contributed by atoms with E-state index >= 15 is 0 Å². The van der Waals surface area contributed by atoms with Gasteiger partial charge >= 0.3 is 0 Å². The average molecular weight is 229 g/mol. The van der Waals surface area contributed by atoms with Gasteiger partial charge in [-0.15, -0.1) is 0 Å². The number of methoxy groups -OCH3 is 1. The molecule has 1 aromatic carbocycles. The average Bonchev–Trinajstić information content (AvgIpc) is 2.17. The van der Waals surface area contributed by atoms with Crippen molar-refractivity contribution in [3.63, 3.8) is 0 Å². The second-order valence-corrected chi connectivity index (χ2v) is 3.45. The first kappa shape index (κ1) is 9.49. The Hall–Kier alpha value is -1.06. The highest BCUT2D eigenvalue weighted by atomic mass is 35.5. The predicted octanol–water partition coefficient (Wildman–Crippen LogP) is 2.95. The zero-order valence-corrected chi connectivity index (χ0v) is 8.80. The van der Waals surface area contributed by atoms with Gasteiger partial charge in [0.1, 0.15) is 0 Å². The lowest BCUT2D eigenvalue weighted by Crippen LogP contribution is -1.92. The van der Waals surface area contributed by atoms with Crippen LogP contribution in [0, 0.1) is 0 Å². The van der Waals surface area contributed by atoms with Crippen LogP contribution in [0.1, 0.15) is 0 Å². The summed E-state index contributed by atoms with van der Waals surface area (Å²) in [7, 11) is 1.49. The first-order chi connectivity index (χ1) is 6.70. The predicted molar refractivity (Wildman–Crippen MR) is 56.1 cm³/mol. The van der Waals surface area contributed by atoms with Crippen molar-refractivity contribution in [2.75, 3.05) is 7.11 Å². The molecule has 2 aromatic rings. The molecule has 5 heteroatoms. The Kier molecular flexibility index (Phi) is 2.44. The summed E-state index contributed by atoms with van der Waals surface area (Å²) in [5, 5.41) is 0.860. The number of hydrogen-bond donors (Lipinski definition) is 0. The van der Waals surface area contributed by atoms with Crippen LogP contribution in [0.15, 0.2) is 18.2 Å². The number of nitrogens with zero attached hydrogens (tertiary/aromatic N) is 2. The summed E-state index contributed by atoms with van der Waals surface area (Å²) in [5.41, 5.74) is 1.36. The van der Waals surface area contributed by atoms with E-state index in [1.54, 1.807) is 18.2 Å². The lowest BCUT2D eigenvalue weighted by molar-refractivity contribution is 0.398. The fraction of sp³-hybridized carbons (Fsp3) is 0.111. The van der Waals surface area contributed by atoms with Gasteiger partial charge in [0.15, 0.2) is 5.15 Å². The second kappa shape index (κ2) is 3.59. The first-order valence-electron chi connectivity index (χ1n) is 3.87. The largest absolute Gasteiger partial charge is 0.479 e. The Labute approximate surface area is 90.6 Å². The van der Waals surface area contributed by atoms with E-state index in [1.807, 2.05) is 0 Å². The molecule has 0 atom stereocenters. The van der Waals surface area contributed by atoms with Gasteiger partial charge < -0.3 is 4.74 Å². The number of hydrogen-bond acceptors (Lipinski definition) is 3. The van der Waals surface area contributed by atoms with Crippen LogP contribution in [-0.2, 0) is 0 Å². The number of aromatic nitrogens is 2. The van der Waals surface area contributed by atoms with Gasteiger partial charge in [-0.1, -0.05) is 23.2 Å². The zero-order valence-electron chi connectivity index (χ0n) is 7.29. The molecule has 0 radical (unpaired) electrons. The van der Waals surface area contributed by atoms with E-state index in [4.69, 9.17) is 27.9 Å². The number of halogens is 2. The molecule has 0 fully saturated rings. The standard InChI is InChI=1S/C9H6Cl2N2O/c1-14-9-8(11)12-6-3-2-5(10)4-7(6)13-9/h2-4H,1H3. The van der Waals surface area contributed by atoms with Crippen LogP contribution in [0.4, 0.5) is 0 Å². The molecule has 0 aliphatic heterocycles. The number of fused-ring (bicyclic) bond motifs is 1. The summed E-state index contributed by atoms with van der Waals surface area (Å²) >= 11 is 11.6. The van der Waals surface area contributed by atoms with Gasteiger partial charge in [0.2, 0.25) is 0 Å². The molecule has 0 saturated heterocycles. The quantitative estimate of drug-likeness (QED) is 0.753. The van der Waals surface area contributed by atoms with Crippen LogP contribution in [0.2, 0.25) is 10.2 Å². The Balaban J connectivity index is 2.73. The topological polar surface area (TPSA) is 35.0 Å². The highest BCUT2D eigenvalue weighted by molar-refractivity contribution is 6.32. The van der Waals surface area contributed by atoms with Crippen molar-refractivity contribution < 1.29 is 4.74 Å². The molecule has 1 heterocycles. The molecule has 1 aromatic heterocycles. The van der Waals surface area contributed by atoms with Crippen LogP contribution in [0.3, 0.4) is 0 Å². The summed E-state index contributed by atoms with van der Waals surface area (Å²) in [6.45, 7) is 0. The van der Waals surface area contributed by atoms with E-state index in [-0.39, 0.29) is 5.15 Å². The summed E-state index contributed by atoms with van der Waals surface area (Å²) in [6, 6.07) is 5.21. The van der Waals surface area contributed by atoms with Gasteiger partial charge in [0, 0.05) is 5.02 Å². The molecule has 0 amide bonds. The Bertz CT molecular complexity index is 487. The maximum Gasteiger partial charge on any atom is 0.252 e. The van der Waals surface area contributed by atoms with Crippen molar-refractivity contribution in [3.8, 4) is 5.88 Å². The molecule has 0 spiro atoms. The van der Waals surface area contributed by atoms with Crippen LogP contribution < -0.4 is 4.74 Å². The molecule has 0 bridgehead atoms. The molecular formula is C9H6Cl2N2O. The van der Waals surface area contributed by atoms with Crippen LogP contribution in [0.5, 0.6) is 5.88 Å². The monoisotopic (exact) mass is 228 g/mol. The molecular weight excluding hydrogens is 223 g/mol. The summed E-state index contributed by atoms with van der Waals surface area (Å²) in [6.07, 6.45) is 0. The van der Waals surface area contributed by atoms with Gasteiger partial charge in [0.05, 0.1) is 18.1 Å². The highest BCUT2D eigenvalue weighted by Crippen LogP contribution is 2.24. The number of benzene rings is 1. The highest BCUT2D eigenvalue weighted by Gasteiger charge is 2.06. The number of ether oxygens (including phenoxy) is 1. The van der Waals surface area contributed by atoms with E-state index in [2.05, 4.69) is 9.97 Å². The van der Waals surface area contributed by atoms with Gasteiger partial charge in [-0.3, -0.25) is 0 Å². The van der Waals surface area contributed by atoms with Crippen molar-refractivity contribution in [2.45, 2.75) is 0 Å². The van der Waals surface area contributed by atoms with E-state index in [0.29, 0.717) is 21.9 Å². The van der Waals surface area contributed by atoms with Gasteiger partial charge in [-0.05, 0) is 18.2 Å². The minimum atomic E-state index is 0.252. The Morgan fingerprint density at radius 2 is 1.93 bits per heavy atom. The smallest absolute Gasteiger partial charge is 0.252 e. The molecule has 0 N–H and O–H groups in total. The minimum absolute atomic E-state index is 0.252. The maximum absolute atomic E-state index is 5.81. The van der Waals surface area contributed by atoms with E-state index in [0.717, 1.165) is 0 Å². The first-order valence-corrected chi connectivity index (χ1v) is 4.63. The van der Waals surface area contributed by atoms with Crippen molar-refractivity contribution in [1.29, 1.82) is 0 Å². The van der Waals surface area contributed by atoms with Crippen LogP contribution >= 0.6 is 23.2 Å². The van der Waals surface area contributed by atoms with Gasteiger partial charge in [-0.25, -0.2) is 9.97 Å². The van der Waals surface area contributed by atoms with E-state index < -0.39 is 0 Å². The molecule has 72 valence electrons. The third-order valence-electron chi connectivity index (χ3n) is 1.75. The third kappa shape index (κ3) is 1.61. The number of rotatable bonds is 1. The lowest BCUT2D eigenvalue weighted by atomic mass is 10.3.